The number of hydrogen-bond donors (Lipinski definition) is 0. The molecule has 6 heteroatoms. The van der Waals surface area contributed by atoms with Crippen molar-refractivity contribution in [3.8, 4) is 0 Å². The van der Waals surface area contributed by atoms with Crippen LogP contribution in [-0.2, 0) is 26.1 Å². The van der Waals surface area contributed by atoms with E-state index in [0.717, 1.165) is 23.9 Å². The molecule has 2 atom stereocenters. The third-order valence-corrected chi connectivity index (χ3v) is 12.7. The Balaban J connectivity index is 0.000000401. The molecule has 3 aliphatic rings. The maximum Gasteiger partial charge on any atom is 0.401 e. The summed E-state index contributed by atoms with van der Waals surface area (Å²) < 4.78 is 6.44. The Hall–Kier alpha value is 0.408. The van der Waals surface area contributed by atoms with Gasteiger partial charge in [-0.05, 0) is 0 Å². The standard InChI is InChI=1S/C20H16.CH3.2Al.2ClH.O.Zr.3H/c1-2-6-18-12-15(11-17(18)5-1)9-10-16-13-19-7-3-4-8-20(19)14-16;;;;;;;;;;/h1-8,11-14H,9-10H2;1H3;;;2*1H;;;;;. The van der Waals surface area contributed by atoms with E-state index < -0.39 is 23.2 Å². The molecule has 1 saturated heterocycles. The molecule has 0 radical (unpaired) electrons. The van der Waals surface area contributed by atoms with Crippen LogP contribution in [-0.4, -0.2) is 32.2 Å². The molecule has 0 aromatic heterocycles. The maximum absolute atomic E-state index is 4.82. The maximum atomic E-state index is 4.82. The molecular weight excluding hydrogens is 484 g/mol. The van der Waals surface area contributed by atoms with Gasteiger partial charge in [-0.1, -0.05) is 5.79 Å². The molecule has 1 aliphatic heterocycles. The summed E-state index contributed by atoms with van der Waals surface area (Å²) in [6.07, 6.45) is 7.54. The van der Waals surface area contributed by atoms with Crippen molar-refractivity contribution in [1.29, 1.82) is 0 Å². The molecule has 2 unspecified atom stereocenters. The smallest absolute Gasteiger partial charge is 0.401 e. The third kappa shape index (κ3) is 4.94. The summed E-state index contributed by atoms with van der Waals surface area (Å²) >= 11 is 0.384. The Morgan fingerprint density at radius 1 is 0.852 bits per heavy atom. The largest absolute Gasteiger partial charge is 0.645 e. The van der Waals surface area contributed by atoms with Crippen LogP contribution in [0.15, 0.2) is 59.7 Å². The van der Waals surface area contributed by atoms with Crippen LogP contribution in [0.1, 0.15) is 42.3 Å². The Morgan fingerprint density at radius 3 is 1.67 bits per heavy atom. The Kier molecular flexibility index (Phi) is 9.63. The van der Waals surface area contributed by atoms with Gasteiger partial charge in [-0.15, -0.1) is 24.8 Å². The zero-order chi connectivity index (χ0) is 17.2. The predicted molar refractivity (Wildman–Crippen MR) is 121 cm³/mol. The van der Waals surface area contributed by atoms with Crippen LogP contribution in [0, 0.1) is 0 Å². The molecule has 1 fully saturated rings. The summed E-state index contributed by atoms with van der Waals surface area (Å²) in [5, 5.41) is 0. The summed E-state index contributed by atoms with van der Waals surface area (Å²) in [6, 6.07) is 18.2. The molecule has 138 valence electrons. The van der Waals surface area contributed by atoms with Gasteiger partial charge in [-0.3, -0.25) is 0 Å². The number of hydrogen-bond acceptors (Lipinski definition) is 1. The topological polar surface area (TPSA) is 9.23 Å². The minimum absolute atomic E-state index is 0. The minimum atomic E-state index is -0.553. The van der Waals surface area contributed by atoms with Gasteiger partial charge in [0.1, 0.15) is 0 Å². The fraction of sp³-hybridized carbons (Fsp3) is 0.238. The van der Waals surface area contributed by atoms with Crippen molar-refractivity contribution in [2.75, 3.05) is 0 Å². The van der Waals surface area contributed by atoms with E-state index in [0.29, 0.717) is 0 Å². The summed E-state index contributed by atoms with van der Waals surface area (Å²) in [5.41, 5.74) is 9.72. The first kappa shape index (κ1) is 23.7. The second kappa shape index (κ2) is 11.0. The third-order valence-electron chi connectivity index (χ3n) is 5.36. The van der Waals surface area contributed by atoms with E-state index in [4.69, 9.17) is 2.84 Å². The van der Waals surface area contributed by atoms with Crippen molar-refractivity contribution in [1.82, 2.24) is 0 Å². The van der Waals surface area contributed by atoms with Gasteiger partial charge in [0.2, 0.25) is 0 Å². The first-order chi connectivity index (χ1) is 12.3. The van der Waals surface area contributed by atoms with Crippen LogP contribution in [0.3, 0.4) is 0 Å². The molecule has 0 bridgehead atoms. The molecule has 0 saturated carbocycles. The van der Waals surface area contributed by atoms with Crippen molar-refractivity contribution in [2.45, 2.75) is 25.9 Å². The minimum Gasteiger partial charge on any atom is -0.645 e. The molecule has 1 nitrogen and oxygen atoms in total. The Labute approximate surface area is 201 Å². The van der Waals surface area contributed by atoms with Gasteiger partial charge >= 0.3 is 170 Å². The van der Waals surface area contributed by atoms with Gasteiger partial charge in [0.05, 0.1) is 0 Å². The molecule has 0 amide bonds. The average molecular weight is 509 g/mol. The number of halogens is 2. The van der Waals surface area contributed by atoms with Gasteiger partial charge in [-0.2, -0.15) is 0 Å². The van der Waals surface area contributed by atoms with Gasteiger partial charge < -0.3 is 2.84 Å². The van der Waals surface area contributed by atoms with E-state index in [-0.39, 0.29) is 40.4 Å². The zero-order valence-corrected chi connectivity index (χ0v) is 23.3. The Morgan fingerprint density at radius 2 is 1.26 bits per heavy atom. The molecule has 2 aromatic carbocycles. The van der Waals surface area contributed by atoms with Crippen LogP contribution in [0.4, 0.5) is 0 Å². The monoisotopic (exact) mass is 506 g/mol. The van der Waals surface area contributed by atoms with E-state index in [9.17, 15) is 0 Å². The Bertz CT molecular complexity index is 784. The summed E-state index contributed by atoms with van der Waals surface area (Å²) in [7, 11) is 0. The molecule has 2 aliphatic carbocycles. The SMILES string of the molecule is C1=C2CCC3=Cc4ccccc4[CH]3[Zr][CH]2c2ccccc21.Cl.Cl.[CH3][AlH][O][AlH2]. The normalized spacial score (nSPS) is 20.2. The summed E-state index contributed by atoms with van der Waals surface area (Å²) in [4.78, 5) is 0. The van der Waals surface area contributed by atoms with E-state index in [1.54, 1.807) is 22.3 Å². The summed E-state index contributed by atoms with van der Waals surface area (Å²) in [6.45, 7) is 0. The van der Waals surface area contributed by atoms with Crippen LogP contribution in [0.25, 0.3) is 12.2 Å². The van der Waals surface area contributed by atoms with E-state index >= 15 is 0 Å². The number of fused-ring (bicyclic) bond motifs is 6. The van der Waals surface area contributed by atoms with Crippen molar-refractivity contribution in [3.63, 3.8) is 0 Å². The van der Waals surface area contributed by atoms with Crippen molar-refractivity contribution in [2.24, 2.45) is 0 Å². The van der Waals surface area contributed by atoms with Gasteiger partial charge in [-0.25, -0.2) is 0 Å². The molecule has 1 heterocycles. The van der Waals surface area contributed by atoms with Crippen molar-refractivity contribution in [3.05, 3.63) is 81.9 Å². The number of allylic oxidation sites excluding steroid dienone is 2. The van der Waals surface area contributed by atoms with Crippen LogP contribution in [0.5, 0.6) is 0 Å². The molecule has 2 aromatic rings. The fourth-order valence-corrected chi connectivity index (χ4v) is 9.22. The summed E-state index contributed by atoms with van der Waals surface area (Å²) in [5.74, 6) is 2.13. The molecule has 5 rings (SSSR count). The number of benzene rings is 2. The van der Waals surface area contributed by atoms with Crippen molar-refractivity contribution < 1.29 is 26.1 Å². The van der Waals surface area contributed by atoms with Gasteiger partial charge in [0.25, 0.3) is 0 Å². The molecule has 27 heavy (non-hydrogen) atoms. The van der Waals surface area contributed by atoms with Crippen LogP contribution < -0.4 is 0 Å². The molecule has 0 spiro atoms. The quantitative estimate of drug-likeness (QED) is 0.497. The van der Waals surface area contributed by atoms with Crippen LogP contribution >= 0.6 is 24.8 Å². The average Bonchev–Trinajstić information content (AvgIpc) is 3.14. The van der Waals surface area contributed by atoms with Gasteiger partial charge in [0, 0.05) is 0 Å². The van der Waals surface area contributed by atoms with E-state index in [1.165, 1.54) is 24.0 Å². The zero-order valence-electron chi connectivity index (χ0n) is 15.8. The van der Waals surface area contributed by atoms with E-state index in [2.05, 4.69) is 66.5 Å². The first-order valence-electron chi connectivity index (χ1n) is 9.15. The second-order valence-electron chi connectivity index (χ2n) is 6.81. The first-order valence-corrected chi connectivity index (χ1v) is 14.8. The van der Waals surface area contributed by atoms with Crippen LogP contribution in [0.2, 0.25) is 5.79 Å². The molecular formula is C21H24Al2Cl2OZr. The predicted octanol–water partition coefficient (Wildman–Crippen LogP) is 4.93. The van der Waals surface area contributed by atoms with Crippen molar-refractivity contribution >= 4 is 69.1 Å². The fourth-order valence-electron chi connectivity index (χ4n) is 4.06. The van der Waals surface area contributed by atoms with Gasteiger partial charge in [0.15, 0.2) is 0 Å². The molecule has 0 N–H and O–H groups in total. The number of rotatable bonds is 1. The van der Waals surface area contributed by atoms with E-state index in [1.807, 2.05) is 0 Å². The second-order valence-corrected chi connectivity index (χ2v) is 13.4.